The Morgan fingerprint density at radius 2 is 2.24 bits per heavy atom. The minimum absolute atomic E-state index is 0.603. The average Bonchev–Trinajstić information content (AvgIpc) is 2.39. The molecule has 0 amide bonds. The molecule has 0 saturated heterocycles. The van der Waals surface area contributed by atoms with Gasteiger partial charge in [0, 0.05) is 25.0 Å². The summed E-state index contributed by atoms with van der Waals surface area (Å²) >= 11 is 0. The molecule has 1 aromatic heterocycles. The highest BCUT2D eigenvalue weighted by Gasteiger charge is 2.15. The third-order valence-electron chi connectivity index (χ3n) is 3.71. The molecule has 1 aliphatic rings. The maximum atomic E-state index is 4.11. The van der Waals surface area contributed by atoms with Crippen molar-refractivity contribution in [1.82, 2.24) is 10.3 Å². The molecule has 93 valence electrons. The van der Waals surface area contributed by atoms with Crippen LogP contribution in [0, 0.1) is 12.0 Å². The summed E-state index contributed by atoms with van der Waals surface area (Å²) in [4.78, 5) is 4.11. The SMILES string of the molecule is CC(CC1CCCCC1)NCc1[c]ccnc1. The standard InChI is InChI=1S/C15H23N2/c1-13(10-14-6-3-2-4-7-14)17-12-15-8-5-9-16-11-15/h5,9,11,13-14,17H,2-4,6-7,10,12H2,1H3. The smallest absolute Gasteiger partial charge is 0.0319 e. The van der Waals surface area contributed by atoms with E-state index in [4.69, 9.17) is 0 Å². The highest BCUT2D eigenvalue weighted by molar-refractivity contribution is 5.05. The third-order valence-corrected chi connectivity index (χ3v) is 3.71. The van der Waals surface area contributed by atoms with Gasteiger partial charge in [0.05, 0.1) is 0 Å². The van der Waals surface area contributed by atoms with Crippen LogP contribution in [0.3, 0.4) is 0 Å². The molecule has 0 aliphatic heterocycles. The molecule has 1 radical (unpaired) electrons. The van der Waals surface area contributed by atoms with Crippen molar-refractivity contribution in [2.24, 2.45) is 5.92 Å². The summed E-state index contributed by atoms with van der Waals surface area (Å²) in [5.74, 6) is 0.948. The minimum atomic E-state index is 0.603. The van der Waals surface area contributed by atoms with Crippen molar-refractivity contribution in [3.63, 3.8) is 0 Å². The first-order valence-corrected chi connectivity index (χ1v) is 6.88. The maximum Gasteiger partial charge on any atom is 0.0319 e. The lowest BCUT2D eigenvalue weighted by molar-refractivity contribution is 0.304. The Bertz CT molecular complexity index is 304. The maximum absolute atomic E-state index is 4.11. The van der Waals surface area contributed by atoms with Crippen LogP contribution < -0.4 is 5.32 Å². The molecule has 0 spiro atoms. The second-order valence-corrected chi connectivity index (χ2v) is 5.29. The van der Waals surface area contributed by atoms with Crippen LogP contribution in [-0.4, -0.2) is 11.0 Å². The molecule has 1 fully saturated rings. The third kappa shape index (κ3) is 4.47. The Balaban J connectivity index is 1.68. The number of nitrogens with one attached hydrogen (secondary N) is 1. The second kappa shape index (κ2) is 6.75. The molecule has 0 aromatic carbocycles. The van der Waals surface area contributed by atoms with Gasteiger partial charge in [-0.1, -0.05) is 32.1 Å². The highest BCUT2D eigenvalue weighted by Crippen LogP contribution is 2.27. The summed E-state index contributed by atoms with van der Waals surface area (Å²) in [6.45, 7) is 3.19. The van der Waals surface area contributed by atoms with Gasteiger partial charge in [0.1, 0.15) is 0 Å². The number of nitrogens with zero attached hydrogens (tertiary/aromatic N) is 1. The molecule has 1 aliphatic carbocycles. The van der Waals surface area contributed by atoms with E-state index in [1.165, 1.54) is 38.5 Å². The minimum Gasteiger partial charge on any atom is -0.310 e. The van der Waals surface area contributed by atoms with Crippen LogP contribution in [0.4, 0.5) is 0 Å². The van der Waals surface area contributed by atoms with Crippen molar-refractivity contribution in [2.45, 2.75) is 58.0 Å². The first-order valence-electron chi connectivity index (χ1n) is 6.88. The van der Waals surface area contributed by atoms with Crippen molar-refractivity contribution >= 4 is 0 Å². The van der Waals surface area contributed by atoms with E-state index < -0.39 is 0 Å². The zero-order valence-corrected chi connectivity index (χ0v) is 10.8. The van der Waals surface area contributed by atoms with E-state index in [1.807, 2.05) is 12.3 Å². The topological polar surface area (TPSA) is 24.9 Å². The van der Waals surface area contributed by atoms with Gasteiger partial charge in [-0.05, 0) is 37.0 Å². The molecule has 2 nitrogen and oxygen atoms in total. The van der Waals surface area contributed by atoms with Gasteiger partial charge in [-0.2, -0.15) is 0 Å². The lowest BCUT2D eigenvalue weighted by Gasteiger charge is -2.25. The van der Waals surface area contributed by atoms with E-state index in [2.05, 4.69) is 23.3 Å². The van der Waals surface area contributed by atoms with Gasteiger partial charge in [0.2, 0.25) is 0 Å². The summed E-state index contributed by atoms with van der Waals surface area (Å²) in [7, 11) is 0. The van der Waals surface area contributed by atoms with Gasteiger partial charge in [-0.3, -0.25) is 4.98 Å². The lowest BCUT2D eigenvalue weighted by Crippen LogP contribution is -2.28. The fourth-order valence-corrected chi connectivity index (χ4v) is 2.74. The molecule has 1 saturated carbocycles. The molecular weight excluding hydrogens is 208 g/mol. The predicted octanol–water partition coefficient (Wildman–Crippen LogP) is 3.33. The van der Waals surface area contributed by atoms with E-state index in [-0.39, 0.29) is 0 Å². The van der Waals surface area contributed by atoms with Gasteiger partial charge >= 0.3 is 0 Å². The van der Waals surface area contributed by atoms with Crippen molar-refractivity contribution in [3.8, 4) is 0 Å². The summed E-state index contributed by atoms with van der Waals surface area (Å²) in [6.07, 6.45) is 12.2. The fourth-order valence-electron chi connectivity index (χ4n) is 2.74. The molecule has 1 atom stereocenters. The highest BCUT2D eigenvalue weighted by atomic mass is 14.9. The summed E-state index contributed by atoms with van der Waals surface area (Å²) < 4.78 is 0. The number of hydrogen-bond donors (Lipinski definition) is 1. The first-order chi connectivity index (χ1) is 8.34. The summed E-state index contributed by atoms with van der Waals surface area (Å²) in [6, 6.07) is 5.68. The van der Waals surface area contributed by atoms with Crippen molar-refractivity contribution < 1.29 is 0 Å². The van der Waals surface area contributed by atoms with Gasteiger partial charge < -0.3 is 5.32 Å². The molecule has 1 heterocycles. The van der Waals surface area contributed by atoms with Crippen molar-refractivity contribution in [1.29, 1.82) is 0 Å². The van der Waals surface area contributed by atoms with Gasteiger partial charge in [-0.15, -0.1) is 0 Å². The quantitative estimate of drug-likeness (QED) is 0.840. The predicted molar refractivity (Wildman–Crippen MR) is 70.6 cm³/mol. The van der Waals surface area contributed by atoms with Crippen LogP contribution in [-0.2, 0) is 6.54 Å². The van der Waals surface area contributed by atoms with E-state index in [9.17, 15) is 0 Å². The van der Waals surface area contributed by atoms with E-state index in [0.29, 0.717) is 6.04 Å². The summed E-state index contributed by atoms with van der Waals surface area (Å²) in [5.41, 5.74) is 1.16. The Morgan fingerprint density at radius 1 is 1.41 bits per heavy atom. The molecule has 17 heavy (non-hydrogen) atoms. The number of rotatable bonds is 5. The Morgan fingerprint density at radius 3 is 2.94 bits per heavy atom. The van der Waals surface area contributed by atoms with Crippen LogP contribution >= 0.6 is 0 Å². The Kier molecular flexibility index (Phi) is 4.99. The molecule has 1 unspecified atom stereocenters. The molecule has 1 N–H and O–H groups in total. The second-order valence-electron chi connectivity index (χ2n) is 5.29. The molecule has 2 rings (SSSR count). The van der Waals surface area contributed by atoms with Crippen LogP contribution in [0.1, 0.15) is 51.0 Å². The van der Waals surface area contributed by atoms with Crippen LogP contribution in [0.2, 0.25) is 0 Å². The van der Waals surface area contributed by atoms with E-state index in [0.717, 1.165) is 18.0 Å². The zero-order valence-electron chi connectivity index (χ0n) is 10.8. The van der Waals surface area contributed by atoms with Gasteiger partial charge in [0.15, 0.2) is 0 Å². The van der Waals surface area contributed by atoms with Gasteiger partial charge in [0.25, 0.3) is 0 Å². The van der Waals surface area contributed by atoms with Crippen LogP contribution in [0.5, 0.6) is 0 Å². The Labute approximate surface area is 105 Å². The Hall–Kier alpha value is -0.890. The number of aromatic nitrogens is 1. The van der Waals surface area contributed by atoms with E-state index >= 15 is 0 Å². The van der Waals surface area contributed by atoms with Crippen molar-refractivity contribution in [3.05, 3.63) is 30.1 Å². The van der Waals surface area contributed by atoms with Crippen LogP contribution in [0.15, 0.2) is 18.5 Å². The molecule has 0 bridgehead atoms. The average molecular weight is 231 g/mol. The summed E-state index contributed by atoms with van der Waals surface area (Å²) in [5, 5.41) is 3.57. The normalized spacial score (nSPS) is 19.1. The zero-order chi connectivity index (χ0) is 11.9. The molecule has 1 aromatic rings. The largest absolute Gasteiger partial charge is 0.310 e. The van der Waals surface area contributed by atoms with E-state index in [1.54, 1.807) is 6.20 Å². The van der Waals surface area contributed by atoms with Crippen molar-refractivity contribution in [2.75, 3.05) is 0 Å². The number of hydrogen-bond acceptors (Lipinski definition) is 2. The molecular formula is C15H23N2. The monoisotopic (exact) mass is 231 g/mol. The first kappa shape index (κ1) is 12.6. The van der Waals surface area contributed by atoms with Gasteiger partial charge in [-0.25, -0.2) is 0 Å². The van der Waals surface area contributed by atoms with Crippen LogP contribution in [0.25, 0.3) is 0 Å². The lowest BCUT2D eigenvalue weighted by atomic mass is 9.85. The molecule has 2 heteroatoms. The fraction of sp³-hybridized carbons (Fsp3) is 0.667. The number of pyridine rings is 1.